The maximum atomic E-state index is 5.03. The van der Waals surface area contributed by atoms with Crippen LogP contribution in [-0.2, 0) is 0 Å². The van der Waals surface area contributed by atoms with Crippen molar-refractivity contribution in [2.75, 3.05) is 32.1 Å². The molecule has 3 aromatic rings. The first-order valence-electron chi connectivity index (χ1n) is 8.83. The maximum absolute atomic E-state index is 5.03. The number of benzene rings is 1. The van der Waals surface area contributed by atoms with E-state index < -0.39 is 0 Å². The molecule has 5 heteroatoms. The van der Waals surface area contributed by atoms with Crippen LogP contribution < -0.4 is 4.90 Å². The number of fused-ring (bicyclic) bond motifs is 2. The Balaban J connectivity index is 1.85. The standard InChI is InChI=1S/C21H22N4S/c1-24(2)13-7-14-25-18-10-4-3-8-16(18)20(19-11-6-15-26-19)23-17-9-5-12-22-21(17)25/h3-6,8-12,15H,7,13-14H2,1-2H3. The SMILES string of the molecule is CN(C)CCCN1c2ccccc2C(c2cccs2)=Nc2cccnc21. The van der Waals surface area contributed by atoms with Gasteiger partial charge >= 0.3 is 0 Å². The van der Waals surface area contributed by atoms with Crippen molar-refractivity contribution < 1.29 is 0 Å². The Labute approximate surface area is 158 Å². The van der Waals surface area contributed by atoms with Crippen LogP contribution in [0.2, 0.25) is 0 Å². The summed E-state index contributed by atoms with van der Waals surface area (Å²) >= 11 is 1.72. The fourth-order valence-electron chi connectivity index (χ4n) is 3.26. The Hall–Kier alpha value is -2.50. The van der Waals surface area contributed by atoms with Crippen molar-refractivity contribution in [2.45, 2.75) is 6.42 Å². The predicted octanol–water partition coefficient (Wildman–Crippen LogP) is 4.72. The molecule has 0 atom stereocenters. The number of para-hydroxylation sites is 1. The highest BCUT2D eigenvalue weighted by Gasteiger charge is 2.24. The van der Waals surface area contributed by atoms with Crippen LogP contribution in [0.5, 0.6) is 0 Å². The van der Waals surface area contributed by atoms with E-state index in [1.807, 2.05) is 12.3 Å². The normalized spacial score (nSPS) is 13.2. The molecule has 4 nitrogen and oxygen atoms in total. The number of rotatable bonds is 5. The fourth-order valence-corrected chi connectivity index (χ4v) is 3.99. The van der Waals surface area contributed by atoms with Crippen molar-refractivity contribution in [3.05, 3.63) is 70.5 Å². The number of hydrogen-bond acceptors (Lipinski definition) is 5. The zero-order chi connectivity index (χ0) is 17.9. The Morgan fingerprint density at radius 1 is 1.04 bits per heavy atom. The molecule has 26 heavy (non-hydrogen) atoms. The summed E-state index contributed by atoms with van der Waals surface area (Å²) in [5, 5.41) is 2.10. The monoisotopic (exact) mass is 362 g/mol. The van der Waals surface area contributed by atoms with Gasteiger partial charge in [0.1, 0.15) is 5.69 Å². The first-order chi connectivity index (χ1) is 12.7. The van der Waals surface area contributed by atoms with Gasteiger partial charge in [0, 0.05) is 18.3 Å². The summed E-state index contributed by atoms with van der Waals surface area (Å²) in [5.41, 5.74) is 4.30. The Morgan fingerprint density at radius 3 is 2.73 bits per heavy atom. The molecular formula is C21H22N4S. The highest BCUT2D eigenvalue weighted by Crippen LogP contribution is 2.39. The molecule has 1 aromatic carbocycles. The average Bonchev–Trinajstić information content (AvgIpc) is 3.14. The molecule has 3 heterocycles. The van der Waals surface area contributed by atoms with Gasteiger partial charge in [0.25, 0.3) is 0 Å². The summed E-state index contributed by atoms with van der Waals surface area (Å²) in [5.74, 6) is 0.935. The van der Waals surface area contributed by atoms with E-state index >= 15 is 0 Å². The summed E-state index contributed by atoms with van der Waals surface area (Å²) in [4.78, 5) is 15.4. The van der Waals surface area contributed by atoms with E-state index in [2.05, 4.69) is 76.7 Å². The van der Waals surface area contributed by atoms with Crippen LogP contribution in [0.1, 0.15) is 16.9 Å². The minimum Gasteiger partial charge on any atom is -0.324 e. The minimum atomic E-state index is 0.909. The second-order valence-electron chi connectivity index (χ2n) is 6.61. The molecular weight excluding hydrogens is 340 g/mol. The molecule has 2 aromatic heterocycles. The largest absolute Gasteiger partial charge is 0.324 e. The van der Waals surface area contributed by atoms with Gasteiger partial charge in [-0.15, -0.1) is 11.3 Å². The van der Waals surface area contributed by atoms with E-state index in [-0.39, 0.29) is 0 Å². The van der Waals surface area contributed by atoms with Crippen molar-refractivity contribution >= 4 is 34.2 Å². The van der Waals surface area contributed by atoms with Crippen LogP contribution in [0.25, 0.3) is 0 Å². The van der Waals surface area contributed by atoms with Crippen molar-refractivity contribution in [3.8, 4) is 0 Å². The van der Waals surface area contributed by atoms with Crippen molar-refractivity contribution in [1.82, 2.24) is 9.88 Å². The van der Waals surface area contributed by atoms with Gasteiger partial charge in [-0.2, -0.15) is 0 Å². The highest BCUT2D eigenvalue weighted by molar-refractivity contribution is 7.12. The molecule has 0 fully saturated rings. The lowest BCUT2D eigenvalue weighted by atomic mass is 10.1. The summed E-state index contributed by atoms with van der Waals surface area (Å²) in [6.07, 6.45) is 2.91. The number of nitrogens with zero attached hydrogens (tertiary/aromatic N) is 4. The van der Waals surface area contributed by atoms with Crippen molar-refractivity contribution in [1.29, 1.82) is 0 Å². The molecule has 0 N–H and O–H groups in total. The zero-order valence-corrected chi connectivity index (χ0v) is 15.9. The maximum Gasteiger partial charge on any atom is 0.159 e. The second kappa shape index (κ2) is 7.40. The summed E-state index contributed by atoms with van der Waals surface area (Å²) in [6, 6.07) is 16.8. The summed E-state index contributed by atoms with van der Waals surface area (Å²) in [6.45, 7) is 1.95. The molecule has 0 saturated heterocycles. The third-order valence-electron chi connectivity index (χ3n) is 4.45. The molecule has 0 amide bonds. The molecule has 0 saturated carbocycles. The highest BCUT2D eigenvalue weighted by atomic mass is 32.1. The van der Waals surface area contributed by atoms with Crippen LogP contribution in [0.15, 0.2) is 65.1 Å². The van der Waals surface area contributed by atoms with Crippen molar-refractivity contribution in [3.63, 3.8) is 0 Å². The lowest BCUT2D eigenvalue weighted by Gasteiger charge is -2.26. The zero-order valence-electron chi connectivity index (χ0n) is 15.1. The Morgan fingerprint density at radius 2 is 1.92 bits per heavy atom. The number of pyridine rings is 1. The smallest absolute Gasteiger partial charge is 0.159 e. The molecule has 0 bridgehead atoms. The number of hydrogen-bond donors (Lipinski definition) is 0. The first kappa shape index (κ1) is 16.9. The minimum absolute atomic E-state index is 0.909. The topological polar surface area (TPSA) is 31.7 Å². The van der Waals surface area contributed by atoms with Crippen molar-refractivity contribution in [2.24, 2.45) is 4.99 Å². The van der Waals surface area contributed by atoms with Crippen LogP contribution in [0.4, 0.5) is 17.2 Å². The summed E-state index contributed by atoms with van der Waals surface area (Å²) in [7, 11) is 4.22. The van der Waals surface area contributed by atoms with Gasteiger partial charge in [-0.1, -0.05) is 24.3 Å². The second-order valence-corrected chi connectivity index (χ2v) is 7.56. The first-order valence-corrected chi connectivity index (χ1v) is 9.71. The molecule has 1 aliphatic heterocycles. The lowest BCUT2D eigenvalue weighted by molar-refractivity contribution is 0.402. The Bertz CT molecular complexity index is 915. The van der Waals surface area contributed by atoms with E-state index in [0.29, 0.717) is 0 Å². The predicted molar refractivity (Wildman–Crippen MR) is 110 cm³/mol. The van der Waals surface area contributed by atoms with E-state index in [1.165, 1.54) is 10.6 Å². The molecule has 1 aliphatic rings. The quantitative estimate of drug-likeness (QED) is 0.658. The lowest BCUT2D eigenvalue weighted by Crippen LogP contribution is -2.24. The van der Waals surface area contributed by atoms with E-state index in [0.717, 1.165) is 42.3 Å². The molecule has 4 rings (SSSR count). The molecule has 0 unspecified atom stereocenters. The fraction of sp³-hybridized carbons (Fsp3) is 0.238. The molecule has 0 spiro atoms. The van der Waals surface area contributed by atoms with Gasteiger partial charge in [-0.05, 0) is 56.7 Å². The number of aliphatic imine (C=N–C) groups is 1. The molecule has 0 aliphatic carbocycles. The van der Waals surface area contributed by atoms with E-state index in [9.17, 15) is 0 Å². The molecule has 132 valence electrons. The van der Waals surface area contributed by atoms with Crippen LogP contribution in [0, 0.1) is 0 Å². The van der Waals surface area contributed by atoms with Gasteiger partial charge in [-0.3, -0.25) is 0 Å². The van der Waals surface area contributed by atoms with Crippen LogP contribution >= 0.6 is 11.3 Å². The van der Waals surface area contributed by atoms with E-state index in [4.69, 9.17) is 4.99 Å². The molecule has 0 radical (unpaired) electrons. The van der Waals surface area contributed by atoms with Gasteiger partial charge in [0.05, 0.1) is 16.3 Å². The van der Waals surface area contributed by atoms with E-state index in [1.54, 1.807) is 11.3 Å². The average molecular weight is 363 g/mol. The van der Waals surface area contributed by atoms with Crippen LogP contribution in [-0.4, -0.2) is 42.8 Å². The Kier molecular flexibility index (Phi) is 4.82. The van der Waals surface area contributed by atoms with Crippen LogP contribution in [0.3, 0.4) is 0 Å². The summed E-state index contributed by atoms with van der Waals surface area (Å²) < 4.78 is 0. The third-order valence-corrected chi connectivity index (χ3v) is 5.32. The number of thiophene rings is 1. The third kappa shape index (κ3) is 3.28. The van der Waals surface area contributed by atoms with Gasteiger partial charge < -0.3 is 9.80 Å². The number of aromatic nitrogens is 1. The van der Waals surface area contributed by atoms with Gasteiger partial charge in [0.2, 0.25) is 0 Å². The van der Waals surface area contributed by atoms with Gasteiger partial charge in [0.15, 0.2) is 5.82 Å². The number of anilines is 2. The van der Waals surface area contributed by atoms with Gasteiger partial charge in [-0.25, -0.2) is 9.98 Å².